The quantitative estimate of drug-likeness (QED) is 0.844. The molecular weight excluding hydrogens is 256 g/mol. The van der Waals surface area contributed by atoms with Crippen LogP contribution < -0.4 is 5.32 Å². The number of rotatable bonds is 3. The molecule has 2 rings (SSSR count). The summed E-state index contributed by atoms with van der Waals surface area (Å²) in [6, 6.07) is 2.28. The summed E-state index contributed by atoms with van der Waals surface area (Å²) in [4.78, 5) is 0. The highest BCUT2D eigenvalue weighted by Crippen LogP contribution is 2.24. The molecule has 0 spiro atoms. The van der Waals surface area contributed by atoms with E-state index in [9.17, 15) is 5.26 Å². The lowest BCUT2D eigenvalue weighted by atomic mass is 9.99. The average molecular weight is 273 g/mol. The maximum Gasteiger partial charge on any atom is 0.0994 e. The largest absolute Gasteiger partial charge is 0.387 e. The van der Waals surface area contributed by atoms with Gasteiger partial charge in [-0.1, -0.05) is 36.8 Å². The summed E-state index contributed by atoms with van der Waals surface area (Å²) >= 11 is 6.17. The predicted molar refractivity (Wildman–Crippen MR) is 79.3 cm³/mol. The minimum absolute atomic E-state index is 0.378. The molecule has 1 heterocycles. The molecule has 1 aliphatic carbocycles. The minimum Gasteiger partial charge on any atom is -0.387 e. The Morgan fingerprint density at radius 2 is 2.11 bits per heavy atom. The van der Waals surface area contributed by atoms with Crippen LogP contribution in [-0.2, 0) is 0 Å². The molecule has 0 amide bonds. The van der Waals surface area contributed by atoms with E-state index in [0.717, 1.165) is 35.6 Å². The van der Waals surface area contributed by atoms with Gasteiger partial charge in [-0.2, -0.15) is 5.26 Å². The third-order valence-corrected chi connectivity index (χ3v) is 3.72. The lowest BCUT2D eigenvalue weighted by Crippen LogP contribution is -2.14. The summed E-state index contributed by atoms with van der Waals surface area (Å²) < 4.78 is 0. The van der Waals surface area contributed by atoms with Crippen LogP contribution in [-0.4, -0.2) is 6.54 Å². The number of nitrogens with zero attached hydrogens (tertiary/aromatic N) is 1. The van der Waals surface area contributed by atoms with E-state index < -0.39 is 0 Å². The zero-order chi connectivity index (χ0) is 13.7. The van der Waals surface area contributed by atoms with Gasteiger partial charge in [0, 0.05) is 11.6 Å². The first kappa shape index (κ1) is 13.7. The van der Waals surface area contributed by atoms with Crippen LogP contribution in [0, 0.1) is 17.2 Å². The number of hydrogen-bond acceptors (Lipinski definition) is 2. The fraction of sp³-hybridized carbons (Fsp3) is 0.312. The molecule has 0 aromatic rings. The van der Waals surface area contributed by atoms with E-state index in [4.69, 9.17) is 11.6 Å². The summed E-state index contributed by atoms with van der Waals surface area (Å²) in [5, 5.41) is 13.2. The van der Waals surface area contributed by atoms with Crippen LogP contribution in [0.3, 0.4) is 0 Å². The lowest BCUT2D eigenvalue weighted by Gasteiger charge is -2.14. The van der Waals surface area contributed by atoms with Crippen molar-refractivity contribution in [3.8, 4) is 6.07 Å². The standard InChI is InChI=1S/C16H17ClN2/c1-12-2-4-13(14(10-18)5-3-12)6-7-15-11-19-9-8-16(15)17/h2-5,8-9,12,19H,6-7,11H2,1H3. The molecule has 0 saturated heterocycles. The molecule has 0 radical (unpaired) electrons. The van der Waals surface area contributed by atoms with Crippen LogP contribution in [0.5, 0.6) is 0 Å². The fourth-order valence-corrected chi connectivity index (χ4v) is 2.34. The van der Waals surface area contributed by atoms with E-state index in [1.165, 1.54) is 5.57 Å². The Kier molecular flexibility index (Phi) is 4.65. The van der Waals surface area contributed by atoms with E-state index in [0.29, 0.717) is 5.92 Å². The van der Waals surface area contributed by atoms with Crippen molar-refractivity contribution in [2.24, 2.45) is 5.92 Å². The van der Waals surface area contributed by atoms with Gasteiger partial charge in [0.05, 0.1) is 11.6 Å². The average Bonchev–Trinajstić information content (AvgIpc) is 2.60. The molecule has 98 valence electrons. The van der Waals surface area contributed by atoms with Crippen LogP contribution in [0.1, 0.15) is 19.8 Å². The molecule has 0 aromatic heterocycles. The van der Waals surface area contributed by atoms with Crippen molar-refractivity contribution in [2.75, 3.05) is 6.54 Å². The smallest absolute Gasteiger partial charge is 0.0994 e. The topological polar surface area (TPSA) is 35.8 Å². The molecule has 2 nitrogen and oxygen atoms in total. The second-order valence-corrected chi connectivity index (χ2v) is 5.20. The molecule has 3 heteroatoms. The zero-order valence-electron chi connectivity index (χ0n) is 11.0. The molecule has 2 aliphatic rings. The van der Waals surface area contributed by atoms with Crippen LogP contribution in [0.25, 0.3) is 0 Å². The normalized spacial score (nSPS) is 22.3. The Balaban J connectivity index is 2.12. The summed E-state index contributed by atoms with van der Waals surface area (Å²) in [6.07, 6.45) is 13.6. The van der Waals surface area contributed by atoms with E-state index in [-0.39, 0.29) is 0 Å². The second kappa shape index (κ2) is 6.45. The van der Waals surface area contributed by atoms with Gasteiger partial charge in [-0.15, -0.1) is 0 Å². The number of nitrogens with one attached hydrogen (secondary N) is 1. The molecule has 1 aliphatic heterocycles. The van der Waals surface area contributed by atoms with E-state index in [2.05, 4.69) is 36.5 Å². The first-order chi connectivity index (χ1) is 9.20. The first-order valence-electron chi connectivity index (χ1n) is 6.48. The van der Waals surface area contributed by atoms with Crippen LogP contribution in [0.4, 0.5) is 0 Å². The Morgan fingerprint density at radius 1 is 1.32 bits per heavy atom. The Labute approximate surface area is 119 Å². The number of hydrogen-bond donors (Lipinski definition) is 1. The van der Waals surface area contributed by atoms with Crippen molar-refractivity contribution in [2.45, 2.75) is 19.8 Å². The predicted octanol–water partition coefficient (Wildman–Crippen LogP) is 3.96. The highest BCUT2D eigenvalue weighted by Gasteiger charge is 2.10. The molecule has 1 N–H and O–H groups in total. The van der Waals surface area contributed by atoms with Gasteiger partial charge in [0.25, 0.3) is 0 Å². The Hall–Kier alpha value is -1.72. The maximum atomic E-state index is 9.21. The Morgan fingerprint density at radius 3 is 2.84 bits per heavy atom. The zero-order valence-corrected chi connectivity index (χ0v) is 11.7. The van der Waals surface area contributed by atoms with Crippen molar-refractivity contribution in [3.05, 3.63) is 58.3 Å². The van der Waals surface area contributed by atoms with Crippen molar-refractivity contribution in [3.63, 3.8) is 0 Å². The molecule has 0 fully saturated rings. The summed E-state index contributed by atoms with van der Waals surface area (Å²) in [5.74, 6) is 0.378. The first-order valence-corrected chi connectivity index (χ1v) is 6.85. The van der Waals surface area contributed by atoms with Crippen LogP contribution in [0.2, 0.25) is 0 Å². The number of nitriles is 1. The Bertz CT molecular complexity index is 542. The van der Waals surface area contributed by atoms with Gasteiger partial charge in [-0.3, -0.25) is 0 Å². The van der Waals surface area contributed by atoms with E-state index >= 15 is 0 Å². The summed E-state index contributed by atoms with van der Waals surface area (Å²) in [5.41, 5.74) is 3.05. The van der Waals surface area contributed by atoms with Gasteiger partial charge in [-0.25, -0.2) is 0 Å². The van der Waals surface area contributed by atoms with E-state index in [1.54, 1.807) is 0 Å². The van der Waals surface area contributed by atoms with Gasteiger partial charge >= 0.3 is 0 Å². The SMILES string of the molecule is CC1C=CC(C#N)=C(CCC2=C(Cl)C=CNC2)C=C1. The van der Waals surface area contributed by atoms with Crippen molar-refractivity contribution < 1.29 is 0 Å². The maximum absolute atomic E-state index is 9.21. The fourth-order valence-electron chi connectivity index (χ4n) is 2.11. The third kappa shape index (κ3) is 3.62. The highest BCUT2D eigenvalue weighted by molar-refractivity contribution is 6.31. The molecule has 19 heavy (non-hydrogen) atoms. The van der Waals surface area contributed by atoms with Gasteiger partial charge in [-0.05, 0) is 48.3 Å². The van der Waals surface area contributed by atoms with Gasteiger partial charge < -0.3 is 5.32 Å². The van der Waals surface area contributed by atoms with Gasteiger partial charge in [0.15, 0.2) is 0 Å². The monoisotopic (exact) mass is 272 g/mol. The van der Waals surface area contributed by atoms with Gasteiger partial charge in [0.1, 0.15) is 0 Å². The summed E-state index contributed by atoms with van der Waals surface area (Å²) in [6.45, 7) is 2.90. The molecule has 0 saturated carbocycles. The molecular formula is C16H17ClN2. The van der Waals surface area contributed by atoms with Crippen molar-refractivity contribution in [1.29, 1.82) is 5.26 Å². The van der Waals surface area contributed by atoms with Gasteiger partial charge in [0.2, 0.25) is 0 Å². The summed E-state index contributed by atoms with van der Waals surface area (Å²) in [7, 11) is 0. The minimum atomic E-state index is 0.378. The molecule has 1 unspecified atom stereocenters. The highest BCUT2D eigenvalue weighted by atomic mass is 35.5. The van der Waals surface area contributed by atoms with E-state index in [1.807, 2.05) is 18.4 Å². The van der Waals surface area contributed by atoms with Crippen molar-refractivity contribution in [1.82, 2.24) is 5.32 Å². The third-order valence-electron chi connectivity index (χ3n) is 3.33. The van der Waals surface area contributed by atoms with Crippen molar-refractivity contribution >= 4 is 11.6 Å². The lowest BCUT2D eigenvalue weighted by molar-refractivity contribution is 0.826. The van der Waals surface area contributed by atoms with Crippen LogP contribution in [0.15, 0.2) is 58.3 Å². The van der Waals surface area contributed by atoms with Crippen LogP contribution >= 0.6 is 11.6 Å². The number of dihydropyridines is 1. The molecule has 0 bridgehead atoms. The number of halogens is 1. The molecule has 1 atom stereocenters. The molecule has 0 aromatic carbocycles. The second-order valence-electron chi connectivity index (χ2n) is 4.79. The number of allylic oxidation sites excluding steroid dienone is 8.